The molecule has 1 rings (SSSR count). The van der Waals surface area contributed by atoms with Crippen LogP contribution in [0.4, 0.5) is 0 Å². The molecule has 0 saturated carbocycles. The SMILES string of the molecule is COC(=O)[C@H]1CCCN(CC(=O)NCC#N)C1. The van der Waals surface area contributed by atoms with Crippen molar-refractivity contribution < 1.29 is 14.3 Å². The highest BCUT2D eigenvalue weighted by Gasteiger charge is 2.27. The number of nitrogens with zero attached hydrogens (tertiary/aromatic N) is 2. The highest BCUT2D eigenvalue weighted by Crippen LogP contribution is 2.17. The number of amides is 1. The van der Waals surface area contributed by atoms with Crippen molar-refractivity contribution in [3.05, 3.63) is 0 Å². The van der Waals surface area contributed by atoms with E-state index >= 15 is 0 Å². The Labute approximate surface area is 101 Å². The Hall–Kier alpha value is -1.61. The third kappa shape index (κ3) is 4.41. The summed E-state index contributed by atoms with van der Waals surface area (Å²) in [6.45, 7) is 1.60. The van der Waals surface area contributed by atoms with E-state index in [4.69, 9.17) is 10.00 Å². The van der Waals surface area contributed by atoms with Gasteiger partial charge >= 0.3 is 5.97 Å². The summed E-state index contributed by atoms with van der Waals surface area (Å²) >= 11 is 0. The number of methoxy groups -OCH3 is 1. The van der Waals surface area contributed by atoms with Crippen molar-refractivity contribution >= 4 is 11.9 Å². The Bertz CT molecular complexity index is 324. The molecule has 0 aromatic heterocycles. The maximum atomic E-state index is 11.4. The first-order chi connectivity index (χ1) is 8.17. The van der Waals surface area contributed by atoms with Crippen molar-refractivity contribution in [2.24, 2.45) is 5.92 Å². The molecule has 1 aliphatic heterocycles. The number of carbonyl (C=O) groups is 2. The molecule has 0 unspecified atom stereocenters. The minimum atomic E-state index is -0.216. The van der Waals surface area contributed by atoms with Crippen LogP contribution in [-0.2, 0) is 14.3 Å². The quantitative estimate of drug-likeness (QED) is 0.529. The summed E-state index contributed by atoms with van der Waals surface area (Å²) < 4.78 is 4.70. The summed E-state index contributed by atoms with van der Waals surface area (Å²) in [5, 5.41) is 10.8. The Morgan fingerprint density at radius 2 is 2.35 bits per heavy atom. The van der Waals surface area contributed by atoms with E-state index < -0.39 is 0 Å². The lowest BCUT2D eigenvalue weighted by atomic mass is 9.98. The molecule has 0 radical (unpaired) electrons. The Kier molecular flexibility index (Phi) is 5.43. The highest BCUT2D eigenvalue weighted by molar-refractivity contribution is 5.78. The van der Waals surface area contributed by atoms with E-state index in [1.807, 2.05) is 11.0 Å². The summed E-state index contributed by atoms with van der Waals surface area (Å²) in [5.74, 6) is -0.540. The second-order valence-electron chi connectivity index (χ2n) is 4.03. The third-order valence-electron chi connectivity index (χ3n) is 2.77. The monoisotopic (exact) mass is 239 g/mol. The molecule has 17 heavy (non-hydrogen) atoms. The zero-order valence-corrected chi connectivity index (χ0v) is 9.94. The molecule has 1 fully saturated rings. The van der Waals surface area contributed by atoms with Gasteiger partial charge < -0.3 is 10.1 Å². The van der Waals surface area contributed by atoms with Crippen LogP contribution in [0, 0.1) is 17.2 Å². The molecule has 0 spiro atoms. The number of rotatable bonds is 4. The van der Waals surface area contributed by atoms with Gasteiger partial charge in [0.2, 0.25) is 5.91 Å². The smallest absolute Gasteiger partial charge is 0.309 e. The molecular formula is C11H17N3O3. The second-order valence-corrected chi connectivity index (χ2v) is 4.03. The summed E-state index contributed by atoms with van der Waals surface area (Å²) in [6.07, 6.45) is 1.69. The zero-order chi connectivity index (χ0) is 12.7. The number of esters is 1. The lowest BCUT2D eigenvalue weighted by molar-refractivity contribution is -0.147. The molecule has 1 heterocycles. The van der Waals surface area contributed by atoms with Crippen molar-refractivity contribution in [1.29, 1.82) is 5.26 Å². The van der Waals surface area contributed by atoms with E-state index in [1.54, 1.807) is 0 Å². The van der Waals surface area contributed by atoms with Gasteiger partial charge in [0.15, 0.2) is 0 Å². The van der Waals surface area contributed by atoms with E-state index in [1.165, 1.54) is 7.11 Å². The van der Waals surface area contributed by atoms with Gasteiger partial charge in [-0.25, -0.2) is 0 Å². The van der Waals surface area contributed by atoms with Gasteiger partial charge in [0, 0.05) is 6.54 Å². The van der Waals surface area contributed by atoms with E-state index in [9.17, 15) is 9.59 Å². The molecule has 1 atom stereocenters. The number of nitrogens with one attached hydrogen (secondary N) is 1. The summed E-state index contributed by atoms with van der Waals surface area (Å²) in [6, 6.07) is 1.85. The zero-order valence-electron chi connectivity index (χ0n) is 9.94. The molecular weight excluding hydrogens is 222 g/mol. The van der Waals surface area contributed by atoms with Gasteiger partial charge in [0.1, 0.15) is 6.54 Å². The molecule has 1 N–H and O–H groups in total. The van der Waals surface area contributed by atoms with Gasteiger partial charge in [-0.3, -0.25) is 14.5 Å². The van der Waals surface area contributed by atoms with E-state index in [0.717, 1.165) is 19.4 Å². The first-order valence-corrected chi connectivity index (χ1v) is 5.61. The summed E-state index contributed by atoms with van der Waals surface area (Å²) in [7, 11) is 1.38. The maximum absolute atomic E-state index is 11.4. The summed E-state index contributed by atoms with van der Waals surface area (Å²) in [5.41, 5.74) is 0. The van der Waals surface area contributed by atoms with Crippen LogP contribution in [0.5, 0.6) is 0 Å². The first-order valence-electron chi connectivity index (χ1n) is 5.61. The normalized spacial score (nSPS) is 20.4. The van der Waals surface area contributed by atoms with Gasteiger partial charge in [-0.2, -0.15) is 5.26 Å². The number of nitriles is 1. The Balaban J connectivity index is 2.37. The van der Waals surface area contributed by atoms with Crippen LogP contribution in [0.1, 0.15) is 12.8 Å². The van der Waals surface area contributed by atoms with Crippen molar-refractivity contribution in [2.45, 2.75) is 12.8 Å². The van der Waals surface area contributed by atoms with Crippen LogP contribution in [0.25, 0.3) is 0 Å². The lowest BCUT2D eigenvalue weighted by Crippen LogP contribution is -2.44. The van der Waals surface area contributed by atoms with Gasteiger partial charge in [-0.05, 0) is 19.4 Å². The molecule has 0 aromatic rings. The topological polar surface area (TPSA) is 82.4 Å². The van der Waals surface area contributed by atoms with Crippen molar-refractivity contribution in [3.8, 4) is 6.07 Å². The highest BCUT2D eigenvalue weighted by atomic mass is 16.5. The van der Waals surface area contributed by atoms with Gasteiger partial charge in [-0.1, -0.05) is 0 Å². The molecule has 6 heteroatoms. The molecule has 94 valence electrons. The van der Waals surface area contributed by atoms with Crippen LogP contribution in [-0.4, -0.2) is 50.1 Å². The molecule has 1 amide bonds. The summed E-state index contributed by atoms with van der Waals surface area (Å²) in [4.78, 5) is 24.7. The van der Waals surface area contributed by atoms with Gasteiger partial charge in [-0.15, -0.1) is 0 Å². The number of carbonyl (C=O) groups excluding carboxylic acids is 2. The standard InChI is InChI=1S/C11H17N3O3/c1-17-11(16)9-3-2-6-14(7-9)8-10(15)13-5-4-12/h9H,2-3,5-8H2,1H3,(H,13,15)/t9-/m0/s1. The molecule has 1 aliphatic rings. The number of hydrogen-bond donors (Lipinski definition) is 1. The molecule has 0 aliphatic carbocycles. The Morgan fingerprint density at radius 1 is 1.59 bits per heavy atom. The Morgan fingerprint density at radius 3 is 3.00 bits per heavy atom. The molecule has 1 saturated heterocycles. The number of likely N-dealkylation sites (tertiary alicyclic amines) is 1. The van der Waals surface area contributed by atoms with Crippen LogP contribution in [0.3, 0.4) is 0 Å². The maximum Gasteiger partial charge on any atom is 0.309 e. The number of hydrogen-bond acceptors (Lipinski definition) is 5. The third-order valence-corrected chi connectivity index (χ3v) is 2.77. The fourth-order valence-corrected chi connectivity index (χ4v) is 1.96. The molecule has 0 aromatic carbocycles. The van der Waals surface area contributed by atoms with E-state index in [0.29, 0.717) is 6.54 Å². The number of ether oxygens (including phenoxy) is 1. The van der Waals surface area contributed by atoms with Crippen molar-refractivity contribution in [3.63, 3.8) is 0 Å². The van der Waals surface area contributed by atoms with Crippen LogP contribution in [0.2, 0.25) is 0 Å². The fourth-order valence-electron chi connectivity index (χ4n) is 1.96. The van der Waals surface area contributed by atoms with Crippen molar-refractivity contribution in [1.82, 2.24) is 10.2 Å². The van der Waals surface area contributed by atoms with Crippen LogP contribution >= 0.6 is 0 Å². The average molecular weight is 239 g/mol. The average Bonchev–Trinajstić information content (AvgIpc) is 2.35. The minimum absolute atomic E-state index is 0.0209. The van der Waals surface area contributed by atoms with Crippen molar-refractivity contribution in [2.75, 3.05) is 33.3 Å². The molecule has 6 nitrogen and oxygen atoms in total. The van der Waals surface area contributed by atoms with Gasteiger partial charge in [0.25, 0.3) is 0 Å². The predicted octanol–water partition coefficient (Wildman–Crippen LogP) is -0.489. The lowest BCUT2D eigenvalue weighted by Gasteiger charge is -2.30. The molecule has 0 bridgehead atoms. The van der Waals surface area contributed by atoms with Crippen LogP contribution < -0.4 is 5.32 Å². The van der Waals surface area contributed by atoms with Crippen LogP contribution in [0.15, 0.2) is 0 Å². The fraction of sp³-hybridized carbons (Fsp3) is 0.727. The minimum Gasteiger partial charge on any atom is -0.469 e. The van der Waals surface area contributed by atoms with Gasteiger partial charge in [0.05, 0.1) is 25.6 Å². The first kappa shape index (κ1) is 13.5. The second kappa shape index (κ2) is 6.86. The van der Waals surface area contributed by atoms with E-state index in [-0.39, 0.29) is 30.9 Å². The number of piperidine rings is 1. The largest absolute Gasteiger partial charge is 0.469 e. The van der Waals surface area contributed by atoms with E-state index in [2.05, 4.69) is 5.32 Å². The predicted molar refractivity (Wildman–Crippen MR) is 59.8 cm³/mol.